The number of hydrogen-bond donors (Lipinski definition) is 1. The van der Waals surface area contributed by atoms with Gasteiger partial charge in [-0.25, -0.2) is 9.97 Å². The standard InChI is InChI=1S/C22H21F3N6O2/c23-22(24,25)17-7-4-8-18(13-17)28-20-19(31(32)33)21(27-15-26-20)30-11-9-29(10-12-30)14-16-5-2-1-3-6-16/h1-8,13,15H,9-12,14H2,(H,26,27,28). The van der Waals surface area contributed by atoms with E-state index in [1.807, 2.05) is 30.3 Å². The summed E-state index contributed by atoms with van der Waals surface area (Å²) in [4.78, 5) is 23.4. The molecule has 0 saturated carbocycles. The van der Waals surface area contributed by atoms with Crippen LogP contribution in [0.4, 0.5) is 36.2 Å². The molecule has 11 heteroatoms. The van der Waals surface area contributed by atoms with E-state index in [0.29, 0.717) is 26.2 Å². The summed E-state index contributed by atoms with van der Waals surface area (Å²) in [7, 11) is 0. The summed E-state index contributed by atoms with van der Waals surface area (Å²) in [5.41, 5.74) is 0.00203. The topological polar surface area (TPSA) is 87.4 Å². The molecule has 8 nitrogen and oxygen atoms in total. The Morgan fingerprint density at radius 3 is 2.39 bits per heavy atom. The molecule has 2 aromatic carbocycles. The number of anilines is 3. The van der Waals surface area contributed by atoms with Gasteiger partial charge in [0.1, 0.15) is 6.33 Å². The van der Waals surface area contributed by atoms with Crippen LogP contribution in [0.5, 0.6) is 0 Å². The molecule has 0 radical (unpaired) electrons. The van der Waals surface area contributed by atoms with Crippen LogP contribution in [0.15, 0.2) is 60.9 Å². The molecule has 2 heterocycles. The lowest BCUT2D eigenvalue weighted by molar-refractivity contribution is -0.383. The van der Waals surface area contributed by atoms with Crippen LogP contribution < -0.4 is 10.2 Å². The van der Waals surface area contributed by atoms with Crippen molar-refractivity contribution < 1.29 is 18.1 Å². The van der Waals surface area contributed by atoms with Crippen LogP contribution in [-0.2, 0) is 12.7 Å². The molecular weight excluding hydrogens is 437 g/mol. The maximum Gasteiger partial charge on any atom is 0.416 e. The number of nitro groups is 1. The highest BCUT2D eigenvalue weighted by Crippen LogP contribution is 2.36. The molecule has 0 spiro atoms. The van der Waals surface area contributed by atoms with Crippen molar-refractivity contribution in [3.63, 3.8) is 0 Å². The molecule has 0 unspecified atom stereocenters. The minimum absolute atomic E-state index is 0.0465. The second-order valence-electron chi connectivity index (χ2n) is 7.60. The van der Waals surface area contributed by atoms with Gasteiger partial charge in [0.25, 0.3) is 0 Å². The van der Waals surface area contributed by atoms with E-state index in [2.05, 4.69) is 20.2 Å². The van der Waals surface area contributed by atoms with Crippen molar-refractivity contribution >= 4 is 23.0 Å². The molecule has 0 atom stereocenters. The van der Waals surface area contributed by atoms with Crippen LogP contribution in [0.3, 0.4) is 0 Å². The van der Waals surface area contributed by atoms with Gasteiger partial charge in [-0.15, -0.1) is 0 Å². The Kier molecular flexibility index (Phi) is 6.40. The van der Waals surface area contributed by atoms with Crippen molar-refractivity contribution in [1.29, 1.82) is 0 Å². The lowest BCUT2D eigenvalue weighted by atomic mass is 10.2. The van der Waals surface area contributed by atoms with Crippen molar-refractivity contribution in [3.8, 4) is 0 Å². The summed E-state index contributed by atoms with van der Waals surface area (Å²) >= 11 is 0. The van der Waals surface area contributed by atoms with Crippen LogP contribution in [0, 0.1) is 10.1 Å². The van der Waals surface area contributed by atoms with Gasteiger partial charge in [-0.3, -0.25) is 15.0 Å². The minimum atomic E-state index is -4.53. The fraction of sp³-hybridized carbons (Fsp3) is 0.273. The van der Waals surface area contributed by atoms with Crippen LogP contribution in [0.25, 0.3) is 0 Å². The second kappa shape index (κ2) is 9.41. The molecule has 172 valence electrons. The zero-order valence-corrected chi connectivity index (χ0v) is 17.5. The van der Waals surface area contributed by atoms with Gasteiger partial charge in [0.05, 0.1) is 10.5 Å². The van der Waals surface area contributed by atoms with Crippen LogP contribution in [0.1, 0.15) is 11.1 Å². The van der Waals surface area contributed by atoms with E-state index in [9.17, 15) is 23.3 Å². The number of halogens is 3. The normalized spacial score (nSPS) is 14.8. The Morgan fingerprint density at radius 2 is 1.73 bits per heavy atom. The molecule has 0 amide bonds. The Labute approximate surface area is 187 Å². The predicted octanol–water partition coefficient (Wildman–Crippen LogP) is 4.47. The summed E-state index contributed by atoms with van der Waals surface area (Å²) < 4.78 is 39.1. The first kappa shape index (κ1) is 22.5. The van der Waals surface area contributed by atoms with Gasteiger partial charge in [0.15, 0.2) is 0 Å². The maximum atomic E-state index is 13.0. The molecule has 0 bridgehead atoms. The molecule has 0 aliphatic carbocycles. The summed E-state index contributed by atoms with van der Waals surface area (Å²) in [5.74, 6) is -0.0140. The van der Waals surface area contributed by atoms with Crippen molar-refractivity contribution in [2.75, 3.05) is 36.4 Å². The number of piperazine rings is 1. The summed E-state index contributed by atoms with van der Waals surface area (Å²) in [6.45, 7) is 3.20. The molecule has 3 aromatic rings. The number of rotatable bonds is 6. The highest BCUT2D eigenvalue weighted by molar-refractivity contribution is 5.74. The molecular formula is C22H21F3N6O2. The van der Waals surface area contributed by atoms with Gasteiger partial charge in [0, 0.05) is 38.4 Å². The van der Waals surface area contributed by atoms with Gasteiger partial charge in [-0.05, 0) is 23.8 Å². The highest BCUT2D eigenvalue weighted by Gasteiger charge is 2.32. The lowest BCUT2D eigenvalue weighted by Gasteiger charge is -2.35. The second-order valence-corrected chi connectivity index (χ2v) is 7.60. The van der Waals surface area contributed by atoms with Gasteiger partial charge < -0.3 is 10.2 Å². The molecule has 1 aromatic heterocycles. The maximum absolute atomic E-state index is 13.0. The number of aromatic nitrogens is 2. The largest absolute Gasteiger partial charge is 0.416 e. The van der Waals surface area contributed by atoms with Crippen molar-refractivity contribution in [3.05, 3.63) is 82.2 Å². The number of nitrogens with one attached hydrogen (secondary N) is 1. The number of alkyl halides is 3. The molecule has 1 aliphatic rings. The Morgan fingerprint density at radius 1 is 1.00 bits per heavy atom. The monoisotopic (exact) mass is 458 g/mol. The molecule has 1 saturated heterocycles. The minimum Gasteiger partial charge on any atom is -0.348 e. The van der Waals surface area contributed by atoms with E-state index < -0.39 is 16.7 Å². The molecule has 1 fully saturated rings. The average molecular weight is 458 g/mol. The molecule has 33 heavy (non-hydrogen) atoms. The first-order valence-corrected chi connectivity index (χ1v) is 10.3. The van der Waals surface area contributed by atoms with E-state index in [1.54, 1.807) is 4.90 Å². The van der Waals surface area contributed by atoms with Crippen LogP contribution in [-0.4, -0.2) is 46.0 Å². The lowest BCUT2D eigenvalue weighted by Crippen LogP contribution is -2.46. The van der Waals surface area contributed by atoms with Crippen LogP contribution in [0.2, 0.25) is 0 Å². The van der Waals surface area contributed by atoms with E-state index in [-0.39, 0.29) is 23.0 Å². The third-order valence-electron chi connectivity index (χ3n) is 5.36. The summed E-state index contributed by atoms with van der Waals surface area (Å²) in [6, 6.07) is 14.5. The average Bonchev–Trinajstić information content (AvgIpc) is 2.80. The fourth-order valence-corrected chi connectivity index (χ4v) is 3.73. The number of benzene rings is 2. The zero-order valence-electron chi connectivity index (χ0n) is 17.5. The van der Waals surface area contributed by atoms with Crippen molar-refractivity contribution in [2.45, 2.75) is 12.7 Å². The van der Waals surface area contributed by atoms with Gasteiger partial charge in [-0.1, -0.05) is 36.4 Å². The van der Waals surface area contributed by atoms with Crippen LogP contribution >= 0.6 is 0 Å². The Hall–Kier alpha value is -3.73. The summed E-state index contributed by atoms with van der Waals surface area (Å²) in [6.07, 6.45) is -3.35. The molecule has 4 rings (SSSR count). The smallest absolute Gasteiger partial charge is 0.348 e. The first-order chi connectivity index (χ1) is 15.8. The van der Waals surface area contributed by atoms with Crippen molar-refractivity contribution in [2.24, 2.45) is 0 Å². The van der Waals surface area contributed by atoms with E-state index in [0.717, 1.165) is 18.7 Å². The number of hydrogen-bond acceptors (Lipinski definition) is 7. The molecule has 1 N–H and O–H groups in total. The highest BCUT2D eigenvalue weighted by atomic mass is 19.4. The molecule has 1 aliphatic heterocycles. The first-order valence-electron chi connectivity index (χ1n) is 10.3. The Balaban J connectivity index is 1.52. The van der Waals surface area contributed by atoms with Gasteiger partial charge in [0.2, 0.25) is 11.6 Å². The fourth-order valence-electron chi connectivity index (χ4n) is 3.73. The van der Waals surface area contributed by atoms with E-state index in [1.165, 1.54) is 24.0 Å². The summed E-state index contributed by atoms with van der Waals surface area (Å²) in [5, 5.41) is 14.5. The zero-order chi connectivity index (χ0) is 23.4. The SMILES string of the molecule is O=[N+]([O-])c1c(Nc2cccc(C(F)(F)F)c2)ncnc1N1CCN(Cc2ccccc2)CC1. The third kappa shape index (κ3) is 5.37. The predicted molar refractivity (Wildman–Crippen MR) is 117 cm³/mol. The van der Waals surface area contributed by atoms with E-state index in [4.69, 9.17) is 0 Å². The van der Waals surface area contributed by atoms with Crippen molar-refractivity contribution in [1.82, 2.24) is 14.9 Å². The van der Waals surface area contributed by atoms with E-state index >= 15 is 0 Å². The number of nitrogens with zero attached hydrogens (tertiary/aromatic N) is 5. The Bertz CT molecular complexity index is 1120. The van der Waals surface area contributed by atoms with Gasteiger partial charge in [-0.2, -0.15) is 13.2 Å². The van der Waals surface area contributed by atoms with Gasteiger partial charge >= 0.3 is 11.9 Å². The third-order valence-corrected chi connectivity index (χ3v) is 5.36. The quantitative estimate of drug-likeness (QED) is 0.431.